The van der Waals surface area contributed by atoms with E-state index in [-0.39, 0.29) is 32.9 Å². The Morgan fingerprint density at radius 1 is 1.07 bits per heavy atom. The summed E-state index contributed by atoms with van der Waals surface area (Å²) in [4.78, 5) is 12.1. The van der Waals surface area contributed by atoms with E-state index in [9.17, 15) is 9.18 Å². The van der Waals surface area contributed by atoms with Crippen molar-refractivity contribution in [1.82, 2.24) is 0 Å². The number of nitriles is 1. The number of hydrogen-bond donors (Lipinski definition) is 1. The Morgan fingerprint density at radius 3 is 2.57 bits per heavy atom. The first-order valence-corrected chi connectivity index (χ1v) is 9.54. The molecule has 0 fully saturated rings. The van der Waals surface area contributed by atoms with Crippen LogP contribution in [-0.4, -0.2) is 12.5 Å². The van der Waals surface area contributed by atoms with Gasteiger partial charge in [0, 0.05) is 5.02 Å². The number of carbonyl (C=O) groups excluding carboxylic acids is 1. The van der Waals surface area contributed by atoms with Crippen molar-refractivity contribution in [1.29, 1.82) is 5.26 Å². The summed E-state index contributed by atoms with van der Waals surface area (Å²) in [5, 5.41) is 12.2. The second-order valence-electron chi connectivity index (χ2n) is 5.89. The number of halogens is 4. The number of nitrogens with zero attached hydrogens (tertiary/aromatic N) is 1. The molecular weight excluding hydrogens is 454 g/mol. The quantitative estimate of drug-likeness (QED) is 0.453. The molecule has 0 saturated heterocycles. The fourth-order valence-electron chi connectivity index (χ4n) is 2.42. The summed E-state index contributed by atoms with van der Waals surface area (Å²) in [6.45, 7) is -0.473. The average molecular weight is 466 g/mol. The molecule has 0 atom stereocenters. The van der Waals surface area contributed by atoms with Crippen LogP contribution in [0.4, 0.5) is 10.1 Å². The molecule has 1 amide bonds. The number of carbonyl (C=O) groups is 1. The molecule has 0 heterocycles. The van der Waals surface area contributed by atoms with Crippen LogP contribution < -0.4 is 14.8 Å². The summed E-state index contributed by atoms with van der Waals surface area (Å²) in [6, 6.07) is 15.4. The van der Waals surface area contributed by atoms with Crippen LogP contribution in [0, 0.1) is 17.1 Å². The number of benzene rings is 3. The lowest BCUT2D eigenvalue weighted by Crippen LogP contribution is -2.20. The molecule has 0 radical (unpaired) electrons. The predicted molar refractivity (Wildman–Crippen MR) is 113 cm³/mol. The van der Waals surface area contributed by atoms with E-state index >= 15 is 0 Å². The third-order valence-corrected chi connectivity index (χ3v) is 4.59. The van der Waals surface area contributed by atoms with Gasteiger partial charge in [0.25, 0.3) is 5.91 Å². The fourth-order valence-corrected chi connectivity index (χ4v) is 3.01. The Kier molecular flexibility index (Phi) is 7.01. The van der Waals surface area contributed by atoms with E-state index in [1.54, 1.807) is 24.3 Å². The minimum absolute atomic E-state index is 0.0288. The molecule has 1 N–H and O–H groups in total. The predicted octanol–water partition coefficient (Wildman–Crippen LogP) is 6.47. The molecule has 0 unspecified atom stereocenters. The number of rotatable bonds is 6. The van der Waals surface area contributed by atoms with E-state index in [1.807, 2.05) is 6.07 Å². The van der Waals surface area contributed by atoms with E-state index < -0.39 is 18.3 Å². The summed E-state index contributed by atoms with van der Waals surface area (Å²) in [5.41, 5.74) is 0.639. The van der Waals surface area contributed by atoms with Crippen molar-refractivity contribution in [3.63, 3.8) is 0 Å². The molecule has 3 aromatic rings. The van der Waals surface area contributed by atoms with Gasteiger partial charge in [-0.1, -0.05) is 46.9 Å². The molecule has 30 heavy (non-hydrogen) atoms. The lowest BCUT2D eigenvalue weighted by molar-refractivity contribution is -0.118. The summed E-state index contributed by atoms with van der Waals surface area (Å²) in [6.07, 6.45) is 0. The summed E-state index contributed by atoms with van der Waals surface area (Å²) < 4.78 is 25.6. The van der Waals surface area contributed by atoms with Crippen LogP contribution in [0.25, 0.3) is 0 Å². The van der Waals surface area contributed by atoms with Gasteiger partial charge in [0.15, 0.2) is 18.1 Å². The van der Waals surface area contributed by atoms with Gasteiger partial charge in [-0.25, -0.2) is 0 Å². The monoisotopic (exact) mass is 464 g/mol. The topological polar surface area (TPSA) is 71.3 Å². The Bertz CT molecular complexity index is 1150. The van der Waals surface area contributed by atoms with Crippen molar-refractivity contribution in [3.05, 3.63) is 81.0 Å². The van der Waals surface area contributed by atoms with E-state index in [0.29, 0.717) is 10.7 Å². The number of anilines is 1. The Labute approximate surface area is 186 Å². The standard InChI is InChI=1S/C21H12Cl3FN2O3/c22-13-7-12(10-26)8-14(9-13)30-21-16(24)5-6-18(20(21)25)29-11-19(28)27-17-4-2-1-3-15(17)23/h1-9H,11H2,(H,27,28). The normalized spacial score (nSPS) is 10.2. The van der Waals surface area contributed by atoms with Gasteiger partial charge in [0.2, 0.25) is 5.82 Å². The smallest absolute Gasteiger partial charge is 0.262 e. The first kappa shape index (κ1) is 21.7. The van der Waals surface area contributed by atoms with Gasteiger partial charge < -0.3 is 14.8 Å². The first-order valence-electron chi connectivity index (χ1n) is 8.41. The van der Waals surface area contributed by atoms with Crippen LogP contribution in [0.5, 0.6) is 17.2 Å². The van der Waals surface area contributed by atoms with Gasteiger partial charge in [-0.2, -0.15) is 9.65 Å². The summed E-state index contributed by atoms with van der Waals surface area (Å²) in [7, 11) is 0. The highest BCUT2D eigenvalue weighted by Crippen LogP contribution is 2.37. The van der Waals surface area contributed by atoms with Crippen LogP contribution in [0.3, 0.4) is 0 Å². The number of amides is 1. The van der Waals surface area contributed by atoms with Crippen LogP contribution in [0.1, 0.15) is 5.56 Å². The molecule has 0 saturated carbocycles. The molecule has 0 aliphatic rings. The molecule has 0 spiro atoms. The van der Waals surface area contributed by atoms with Gasteiger partial charge in [-0.15, -0.1) is 0 Å². The molecule has 9 heteroatoms. The third kappa shape index (κ3) is 5.33. The van der Waals surface area contributed by atoms with E-state index in [1.165, 1.54) is 30.3 Å². The molecule has 152 valence electrons. The minimum atomic E-state index is -0.911. The zero-order valence-electron chi connectivity index (χ0n) is 15.1. The molecule has 0 aromatic heterocycles. The van der Waals surface area contributed by atoms with Crippen LogP contribution in [0.15, 0.2) is 54.6 Å². The highest BCUT2D eigenvalue weighted by Gasteiger charge is 2.18. The van der Waals surface area contributed by atoms with Crippen molar-refractivity contribution in [2.24, 2.45) is 0 Å². The number of hydrogen-bond acceptors (Lipinski definition) is 4. The SMILES string of the molecule is N#Cc1cc(Cl)cc(Oc2c(Cl)ccc(OCC(=O)Nc3ccccc3Cl)c2F)c1. The lowest BCUT2D eigenvalue weighted by atomic mass is 10.2. The first-order chi connectivity index (χ1) is 14.4. The third-order valence-electron chi connectivity index (χ3n) is 3.74. The zero-order valence-corrected chi connectivity index (χ0v) is 17.4. The maximum absolute atomic E-state index is 14.9. The highest BCUT2D eigenvalue weighted by atomic mass is 35.5. The molecule has 0 aliphatic carbocycles. The van der Waals surface area contributed by atoms with Crippen molar-refractivity contribution in [2.45, 2.75) is 0 Å². The molecule has 0 bridgehead atoms. The molecular formula is C21H12Cl3FN2O3. The summed E-state index contributed by atoms with van der Waals surface area (Å²) >= 11 is 18.0. The van der Waals surface area contributed by atoms with Gasteiger partial charge >= 0.3 is 0 Å². The summed E-state index contributed by atoms with van der Waals surface area (Å²) in [5.74, 6) is -1.90. The van der Waals surface area contributed by atoms with Crippen LogP contribution in [0.2, 0.25) is 15.1 Å². The largest absolute Gasteiger partial charge is 0.481 e. The minimum Gasteiger partial charge on any atom is -0.481 e. The van der Waals surface area contributed by atoms with Gasteiger partial charge in [-0.3, -0.25) is 4.79 Å². The second kappa shape index (κ2) is 9.68. The Balaban J connectivity index is 1.74. The van der Waals surface area contributed by atoms with Gasteiger partial charge in [0.1, 0.15) is 5.75 Å². The number of nitrogens with one attached hydrogen (secondary N) is 1. The van der Waals surface area contributed by atoms with E-state index in [2.05, 4.69) is 5.32 Å². The number of ether oxygens (including phenoxy) is 2. The van der Waals surface area contributed by atoms with Crippen molar-refractivity contribution < 1.29 is 18.7 Å². The zero-order chi connectivity index (χ0) is 21.7. The molecule has 3 rings (SSSR count). The second-order valence-corrected chi connectivity index (χ2v) is 7.15. The van der Waals surface area contributed by atoms with Crippen LogP contribution in [-0.2, 0) is 4.79 Å². The average Bonchev–Trinajstić information content (AvgIpc) is 2.72. The molecule has 0 aliphatic heterocycles. The van der Waals surface area contributed by atoms with Crippen molar-refractivity contribution >= 4 is 46.4 Å². The molecule has 3 aromatic carbocycles. The fraction of sp³-hybridized carbons (Fsp3) is 0.0476. The van der Waals surface area contributed by atoms with E-state index in [4.69, 9.17) is 49.5 Å². The highest BCUT2D eigenvalue weighted by molar-refractivity contribution is 6.33. The Hall–Kier alpha value is -2.98. The Morgan fingerprint density at radius 2 is 1.83 bits per heavy atom. The molecule has 5 nitrogen and oxygen atoms in total. The van der Waals surface area contributed by atoms with Crippen molar-refractivity contribution in [2.75, 3.05) is 11.9 Å². The van der Waals surface area contributed by atoms with Gasteiger partial charge in [0.05, 0.1) is 27.4 Å². The van der Waals surface area contributed by atoms with Crippen molar-refractivity contribution in [3.8, 4) is 23.3 Å². The van der Waals surface area contributed by atoms with Gasteiger partial charge in [-0.05, 0) is 42.5 Å². The van der Waals surface area contributed by atoms with E-state index in [0.717, 1.165) is 0 Å². The number of para-hydroxylation sites is 1. The lowest BCUT2D eigenvalue weighted by Gasteiger charge is -2.13. The van der Waals surface area contributed by atoms with Crippen LogP contribution >= 0.6 is 34.8 Å². The maximum atomic E-state index is 14.9. The maximum Gasteiger partial charge on any atom is 0.262 e.